The van der Waals surface area contributed by atoms with E-state index in [1.165, 1.54) is 39.3 Å². The Morgan fingerprint density at radius 1 is 1.48 bits per heavy atom. The lowest BCUT2D eigenvalue weighted by Gasteiger charge is -2.12. The van der Waals surface area contributed by atoms with Crippen LogP contribution < -0.4 is 5.32 Å². The Balaban J connectivity index is 1.61. The smallest absolute Gasteiger partial charge is 0.245 e. The standard InChI is InChI=1S/C12H10ClN3O2S3/c13-9-2-1-8(21-9)7-4-20-12(14-7)15-10(17)3-16-6-19-5-11(16)18/h1-2,4H,3,5-6H2,(H,14,15,17). The number of thiophene rings is 1. The molecule has 21 heavy (non-hydrogen) atoms. The molecule has 5 nitrogen and oxygen atoms in total. The number of aromatic nitrogens is 1. The van der Waals surface area contributed by atoms with Gasteiger partial charge in [-0.3, -0.25) is 9.59 Å². The zero-order valence-corrected chi connectivity index (χ0v) is 13.9. The first-order valence-corrected chi connectivity index (χ1v) is 9.21. The monoisotopic (exact) mass is 359 g/mol. The Morgan fingerprint density at radius 2 is 2.33 bits per heavy atom. The molecule has 9 heteroatoms. The average molecular weight is 360 g/mol. The van der Waals surface area contributed by atoms with Gasteiger partial charge in [0.25, 0.3) is 0 Å². The molecule has 1 aliphatic rings. The minimum absolute atomic E-state index is 0.00297. The summed E-state index contributed by atoms with van der Waals surface area (Å²) in [4.78, 5) is 30.2. The molecule has 0 aliphatic carbocycles. The number of rotatable bonds is 4. The molecule has 0 radical (unpaired) electrons. The van der Waals surface area contributed by atoms with E-state index in [9.17, 15) is 9.59 Å². The molecule has 0 unspecified atom stereocenters. The molecule has 3 heterocycles. The second-order valence-corrected chi connectivity index (χ2v) is 7.79. The second-order valence-electron chi connectivity index (χ2n) is 4.26. The van der Waals surface area contributed by atoms with Crippen LogP contribution in [0.2, 0.25) is 4.34 Å². The number of thiazole rings is 1. The van der Waals surface area contributed by atoms with Gasteiger partial charge < -0.3 is 10.2 Å². The largest absolute Gasteiger partial charge is 0.323 e. The molecule has 1 fully saturated rings. The van der Waals surface area contributed by atoms with Crippen molar-refractivity contribution in [2.75, 3.05) is 23.5 Å². The van der Waals surface area contributed by atoms with E-state index < -0.39 is 0 Å². The number of carbonyl (C=O) groups excluding carboxylic acids is 2. The van der Waals surface area contributed by atoms with Crippen LogP contribution in [0.15, 0.2) is 17.5 Å². The molecule has 1 saturated heterocycles. The number of halogens is 1. The van der Waals surface area contributed by atoms with Crippen molar-refractivity contribution in [3.05, 3.63) is 21.8 Å². The summed E-state index contributed by atoms with van der Waals surface area (Å²) in [5.74, 6) is 0.802. The Labute approximate surface area is 138 Å². The topological polar surface area (TPSA) is 62.3 Å². The van der Waals surface area contributed by atoms with Crippen molar-refractivity contribution in [2.24, 2.45) is 0 Å². The number of amides is 2. The predicted molar refractivity (Wildman–Crippen MR) is 88.1 cm³/mol. The molecular weight excluding hydrogens is 350 g/mol. The molecule has 3 rings (SSSR count). The normalized spacial score (nSPS) is 14.7. The van der Waals surface area contributed by atoms with Crippen molar-refractivity contribution in [1.82, 2.24) is 9.88 Å². The number of nitrogens with one attached hydrogen (secondary N) is 1. The first-order valence-electron chi connectivity index (χ1n) is 5.98. The number of thioether (sulfide) groups is 1. The highest BCUT2D eigenvalue weighted by atomic mass is 35.5. The molecule has 0 aromatic carbocycles. The summed E-state index contributed by atoms with van der Waals surface area (Å²) in [6.45, 7) is 0.0750. The summed E-state index contributed by atoms with van der Waals surface area (Å²) >= 11 is 10.2. The summed E-state index contributed by atoms with van der Waals surface area (Å²) < 4.78 is 0.702. The van der Waals surface area contributed by atoms with Crippen molar-refractivity contribution in [1.29, 1.82) is 0 Å². The van der Waals surface area contributed by atoms with E-state index in [1.54, 1.807) is 0 Å². The Bertz CT molecular complexity index is 685. The van der Waals surface area contributed by atoms with E-state index in [0.717, 1.165) is 10.6 Å². The molecule has 110 valence electrons. The molecule has 0 bridgehead atoms. The first-order chi connectivity index (χ1) is 10.1. The van der Waals surface area contributed by atoms with E-state index in [-0.39, 0.29) is 18.4 Å². The summed E-state index contributed by atoms with van der Waals surface area (Å²) in [7, 11) is 0. The zero-order chi connectivity index (χ0) is 14.8. The average Bonchev–Trinajstić information content (AvgIpc) is 3.13. The summed E-state index contributed by atoms with van der Waals surface area (Å²) in [5.41, 5.74) is 0.792. The maximum atomic E-state index is 11.9. The van der Waals surface area contributed by atoms with Gasteiger partial charge in [-0.25, -0.2) is 4.98 Å². The molecule has 0 spiro atoms. The Kier molecular flexibility index (Phi) is 4.48. The van der Waals surface area contributed by atoms with Crippen molar-refractivity contribution >= 4 is 63.0 Å². The van der Waals surface area contributed by atoms with E-state index in [0.29, 0.717) is 21.1 Å². The van der Waals surface area contributed by atoms with Gasteiger partial charge in [-0.1, -0.05) is 11.6 Å². The third-order valence-corrected chi connectivity index (χ3v) is 5.69. The fraction of sp³-hybridized carbons (Fsp3) is 0.250. The van der Waals surface area contributed by atoms with Crippen LogP contribution in [0, 0.1) is 0 Å². The van der Waals surface area contributed by atoms with Gasteiger partial charge in [-0.2, -0.15) is 0 Å². The molecule has 2 amide bonds. The lowest BCUT2D eigenvalue weighted by atomic mass is 10.4. The van der Waals surface area contributed by atoms with Crippen LogP contribution in [0.5, 0.6) is 0 Å². The quantitative estimate of drug-likeness (QED) is 0.911. The van der Waals surface area contributed by atoms with Crippen LogP contribution >= 0.6 is 46.0 Å². The van der Waals surface area contributed by atoms with E-state index >= 15 is 0 Å². The van der Waals surface area contributed by atoms with Crippen molar-refractivity contribution in [3.63, 3.8) is 0 Å². The van der Waals surface area contributed by atoms with E-state index in [2.05, 4.69) is 10.3 Å². The number of carbonyl (C=O) groups is 2. The fourth-order valence-corrected chi connectivity index (χ4v) is 4.48. The predicted octanol–water partition coefficient (Wildman–Crippen LogP) is 3.00. The third kappa shape index (κ3) is 3.57. The van der Waals surface area contributed by atoms with Gasteiger partial charge in [-0.05, 0) is 12.1 Å². The minimum atomic E-state index is -0.226. The van der Waals surface area contributed by atoms with Crippen LogP contribution in [0.3, 0.4) is 0 Å². The number of hydrogen-bond donors (Lipinski definition) is 1. The van der Waals surface area contributed by atoms with Crippen LogP contribution in [0.1, 0.15) is 0 Å². The van der Waals surface area contributed by atoms with E-state index in [1.807, 2.05) is 17.5 Å². The zero-order valence-electron chi connectivity index (χ0n) is 10.7. The highest BCUT2D eigenvalue weighted by Crippen LogP contribution is 2.32. The van der Waals surface area contributed by atoms with Crippen molar-refractivity contribution < 1.29 is 9.59 Å². The molecular formula is C12H10ClN3O2S3. The van der Waals surface area contributed by atoms with Crippen molar-refractivity contribution in [2.45, 2.75) is 0 Å². The number of hydrogen-bond acceptors (Lipinski definition) is 6. The lowest BCUT2D eigenvalue weighted by Crippen LogP contribution is -2.34. The third-order valence-electron chi connectivity index (χ3n) is 2.74. The maximum Gasteiger partial charge on any atom is 0.245 e. The van der Waals surface area contributed by atoms with Crippen LogP contribution in [-0.4, -0.2) is 39.9 Å². The summed E-state index contributed by atoms with van der Waals surface area (Å²) in [6.07, 6.45) is 0. The lowest BCUT2D eigenvalue weighted by molar-refractivity contribution is -0.130. The molecule has 0 saturated carbocycles. The molecule has 1 aliphatic heterocycles. The molecule has 1 N–H and O–H groups in total. The molecule has 0 atom stereocenters. The maximum absolute atomic E-state index is 11.9. The Morgan fingerprint density at radius 3 is 3.00 bits per heavy atom. The molecule has 2 aromatic heterocycles. The summed E-state index contributed by atoms with van der Waals surface area (Å²) in [5, 5.41) is 5.12. The van der Waals surface area contributed by atoms with E-state index in [4.69, 9.17) is 11.6 Å². The van der Waals surface area contributed by atoms with Crippen molar-refractivity contribution in [3.8, 4) is 10.6 Å². The molecule has 2 aromatic rings. The van der Waals surface area contributed by atoms with Gasteiger partial charge in [0, 0.05) is 5.38 Å². The first kappa shape index (κ1) is 14.8. The van der Waals surface area contributed by atoms with Gasteiger partial charge in [-0.15, -0.1) is 34.4 Å². The van der Waals surface area contributed by atoms with Gasteiger partial charge in [0.05, 0.1) is 26.5 Å². The van der Waals surface area contributed by atoms with Gasteiger partial charge in [0.2, 0.25) is 11.8 Å². The SMILES string of the molecule is O=C(CN1CSCC1=O)Nc1nc(-c2ccc(Cl)s2)cs1. The highest BCUT2D eigenvalue weighted by Gasteiger charge is 2.23. The Hall–Kier alpha value is -1.09. The van der Waals surface area contributed by atoms with Gasteiger partial charge in [0.1, 0.15) is 6.54 Å². The van der Waals surface area contributed by atoms with Crippen LogP contribution in [-0.2, 0) is 9.59 Å². The van der Waals surface area contributed by atoms with Gasteiger partial charge >= 0.3 is 0 Å². The fourth-order valence-electron chi connectivity index (χ4n) is 1.77. The van der Waals surface area contributed by atoms with Crippen LogP contribution in [0.4, 0.5) is 5.13 Å². The number of nitrogens with zero attached hydrogens (tertiary/aromatic N) is 2. The van der Waals surface area contributed by atoms with Gasteiger partial charge in [0.15, 0.2) is 5.13 Å². The second kappa shape index (κ2) is 6.35. The highest BCUT2D eigenvalue weighted by molar-refractivity contribution is 8.00. The van der Waals surface area contributed by atoms with Crippen LogP contribution in [0.25, 0.3) is 10.6 Å². The summed E-state index contributed by atoms with van der Waals surface area (Å²) in [6, 6.07) is 3.71. The number of anilines is 1. The minimum Gasteiger partial charge on any atom is -0.323 e.